The minimum Gasteiger partial charge on any atom is -0.479 e. The Bertz CT molecular complexity index is 285. The first-order valence-corrected chi connectivity index (χ1v) is 3.18. The molecule has 0 aliphatic heterocycles. The van der Waals surface area contributed by atoms with Crippen molar-refractivity contribution in [1.82, 2.24) is 15.2 Å². The van der Waals surface area contributed by atoms with E-state index in [1.807, 2.05) is 0 Å². The van der Waals surface area contributed by atoms with Crippen molar-refractivity contribution in [2.24, 2.45) is 0 Å². The van der Waals surface area contributed by atoms with Crippen LogP contribution in [0, 0.1) is 6.92 Å². The van der Waals surface area contributed by atoms with Crippen LogP contribution in [0.25, 0.3) is 0 Å². The van der Waals surface area contributed by atoms with Crippen LogP contribution in [0.15, 0.2) is 6.20 Å². The Labute approximate surface area is 67.9 Å². The van der Waals surface area contributed by atoms with E-state index in [4.69, 9.17) is 10.2 Å². The van der Waals surface area contributed by atoms with Gasteiger partial charge in [-0.2, -0.15) is 0 Å². The Morgan fingerprint density at radius 2 is 2.25 bits per heavy atom. The average molecular weight is 169 g/mol. The zero-order valence-electron chi connectivity index (χ0n) is 6.30. The summed E-state index contributed by atoms with van der Waals surface area (Å²) in [6, 6.07) is 0. The number of aryl methyl sites for hydroxylation is 1. The topological polar surface area (TPSA) is 96.2 Å². The highest BCUT2D eigenvalue weighted by atomic mass is 16.4. The number of carboxylic acids is 1. The van der Waals surface area contributed by atoms with Crippen LogP contribution in [0.3, 0.4) is 0 Å². The van der Waals surface area contributed by atoms with Crippen LogP contribution in [-0.2, 0) is 4.79 Å². The van der Waals surface area contributed by atoms with Crippen molar-refractivity contribution in [3.8, 4) is 0 Å². The number of aliphatic hydroxyl groups is 1. The molecule has 1 heterocycles. The van der Waals surface area contributed by atoms with Crippen LogP contribution in [-0.4, -0.2) is 31.4 Å². The molecule has 0 bridgehead atoms. The molecule has 0 saturated heterocycles. The van der Waals surface area contributed by atoms with Crippen molar-refractivity contribution in [3.63, 3.8) is 0 Å². The molecule has 0 saturated carbocycles. The normalized spacial score (nSPS) is 12.5. The molecule has 1 rings (SSSR count). The molecule has 0 aliphatic carbocycles. The highest BCUT2D eigenvalue weighted by Crippen LogP contribution is 2.06. The van der Waals surface area contributed by atoms with Gasteiger partial charge >= 0.3 is 5.97 Å². The molecule has 0 radical (unpaired) electrons. The third kappa shape index (κ3) is 1.73. The van der Waals surface area contributed by atoms with E-state index in [1.165, 1.54) is 6.20 Å². The summed E-state index contributed by atoms with van der Waals surface area (Å²) in [5, 5.41) is 24.3. The van der Waals surface area contributed by atoms with E-state index >= 15 is 0 Å². The van der Waals surface area contributed by atoms with E-state index in [0.717, 1.165) is 0 Å². The van der Waals surface area contributed by atoms with Crippen LogP contribution in [0.1, 0.15) is 17.6 Å². The van der Waals surface area contributed by atoms with E-state index in [9.17, 15) is 4.79 Å². The molecule has 64 valence electrons. The first-order valence-electron chi connectivity index (χ1n) is 3.18. The summed E-state index contributed by atoms with van der Waals surface area (Å²) in [6.45, 7) is 1.62. The van der Waals surface area contributed by atoms with Crippen LogP contribution >= 0.6 is 0 Å². The number of nitrogens with zero attached hydrogens (tertiary/aromatic N) is 3. The Balaban J connectivity index is 2.89. The maximum atomic E-state index is 10.2. The molecular formula is C6H7N3O3. The van der Waals surface area contributed by atoms with Gasteiger partial charge in [0, 0.05) is 0 Å². The highest BCUT2D eigenvalue weighted by Gasteiger charge is 2.17. The van der Waals surface area contributed by atoms with Gasteiger partial charge in [0.1, 0.15) is 11.5 Å². The standard InChI is InChI=1S/C6H7N3O3/c1-3-7-2-4(9-8-3)5(10)6(11)12/h2,5,10H,1H3,(H,11,12). The Morgan fingerprint density at radius 1 is 1.58 bits per heavy atom. The van der Waals surface area contributed by atoms with Gasteiger partial charge < -0.3 is 10.2 Å². The number of aliphatic hydroxyl groups excluding tert-OH is 1. The zero-order valence-corrected chi connectivity index (χ0v) is 6.30. The number of hydrogen-bond acceptors (Lipinski definition) is 5. The first kappa shape index (κ1) is 8.54. The van der Waals surface area contributed by atoms with Crippen molar-refractivity contribution < 1.29 is 15.0 Å². The fraction of sp³-hybridized carbons (Fsp3) is 0.333. The lowest BCUT2D eigenvalue weighted by molar-refractivity contribution is -0.147. The third-order valence-electron chi connectivity index (χ3n) is 1.21. The summed E-state index contributed by atoms with van der Waals surface area (Å²) in [5.41, 5.74) is -0.0619. The SMILES string of the molecule is Cc1ncc(C(O)C(=O)O)nn1. The summed E-state index contributed by atoms with van der Waals surface area (Å²) in [6.07, 6.45) is -0.466. The quantitative estimate of drug-likeness (QED) is 0.607. The summed E-state index contributed by atoms with van der Waals surface area (Å²) in [7, 11) is 0. The molecule has 2 N–H and O–H groups in total. The molecule has 1 aromatic rings. The molecule has 1 atom stereocenters. The van der Waals surface area contributed by atoms with Crippen molar-refractivity contribution in [2.75, 3.05) is 0 Å². The van der Waals surface area contributed by atoms with Crippen LogP contribution in [0.2, 0.25) is 0 Å². The fourth-order valence-corrected chi connectivity index (χ4v) is 0.593. The van der Waals surface area contributed by atoms with Crippen LogP contribution in [0.5, 0.6) is 0 Å². The molecule has 0 amide bonds. The number of aromatic nitrogens is 3. The van der Waals surface area contributed by atoms with Gasteiger partial charge in [-0.3, -0.25) is 0 Å². The van der Waals surface area contributed by atoms with Gasteiger partial charge in [0.25, 0.3) is 0 Å². The summed E-state index contributed by atoms with van der Waals surface area (Å²) in [4.78, 5) is 13.9. The maximum Gasteiger partial charge on any atom is 0.339 e. The van der Waals surface area contributed by atoms with Gasteiger partial charge in [-0.05, 0) is 6.92 Å². The predicted molar refractivity (Wildman–Crippen MR) is 37.2 cm³/mol. The van der Waals surface area contributed by atoms with Crippen molar-refractivity contribution in [3.05, 3.63) is 17.7 Å². The fourth-order valence-electron chi connectivity index (χ4n) is 0.593. The molecule has 1 aromatic heterocycles. The van der Waals surface area contributed by atoms with Gasteiger partial charge in [0.05, 0.1) is 6.20 Å². The van der Waals surface area contributed by atoms with Gasteiger partial charge in [-0.25, -0.2) is 9.78 Å². The van der Waals surface area contributed by atoms with Gasteiger partial charge in [0.15, 0.2) is 6.10 Å². The molecule has 12 heavy (non-hydrogen) atoms. The lowest BCUT2D eigenvalue weighted by atomic mass is 10.3. The number of carbonyl (C=O) groups is 1. The summed E-state index contributed by atoms with van der Waals surface area (Å²) >= 11 is 0. The maximum absolute atomic E-state index is 10.2. The second-order valence-corrected chi connectivity index (χ2v) is 2.17. The summed E-state index contributed by atoms with van der Waals surface area (Å²) in [5.74, 6) is -0.939. The Morgan fingerprint density at radius 3 is 2.67 bits per heavy atom. The monoisotopic (exact) mass is 169 g/mol. The second kappa shape index (κ2) is 3.22. The average Bonchev–Trinajstić information content (AvgIpc) is 2.04. The number of aliphatic carboxylic acids is 1. The third-order valence-corrected chi connectivity index (χ3v) is 1.21. The van der Waals surface area contributed by atoms with Gasteiger partial charge in [-0.1, -0.05) is 0 Å². The first-order chi connectivity index (χ1) is 5.61. The zero-order chi connectivity index (χ0) is 9.14. The van der Waals surface area contributed by atoms with E-state index in [1.54, 1.807) is 6.92 Å². The molecule has 6 heteroatoms. The summed E-state index contributed by atoms with van der Waals surface area (Å²) < 4.78 is 0. The van der Waals surface area contributed by atoms with Gasteiger partial charge in [0.2, 0.25) is 0 Å². The minimum absolute atomic E-state index is 0.0619. The number of carboxylic acid groups (broad SMARTS) is 1. The molecule has 1 unspecified atom stereocenters. The molecule has 0 aromatic carbocycles. The van der Waals surface area contributed by atoms with Gasteiger partial charge in [-0.15, -0.1) is 10.2 Å². The van der Waals surface area contributed by atoms with Crippen molar-refractivity contribution in [2.45, 2.75) is 13.0 Å². The van der Waals surface area contributed by atoms with E-state index in [-0.39, 0.29) is 5.69 Å². The number of hydrogen-bond donors (Lipinski definition) is 2. The van der Waals surface area contributed by atoms with Crippen molar-refractivity contribution >= 4 is 5.97 Å². The minimum atomic E-state index is -1.65. The Kier molecular flexibility index (Phi) is 2.29. The number of rotatable bonds is 2. The molecular weight excluding hydrogens is 162 g/mol. The molecule has 6 nitrogen and oxygen atoms in total. The van der Waals surface area contributed by atoms with Crippen LogP contribution in [0.4, 0.5) is 0 Å². The highest BCUT2D eigenvalue weighted by molar-refractivity contribution is 5.73. The van der Waals surface area contributed by atoms with E-state index in [2.05, 4.69) is 15.2 Å². The largest absolute Gasteiger partial charge is 0.479 e. The molecule has 0 aliphatic rings. The molecule has 0 spiro atoms. The van der Waals surface area contributed by atoms with Crippen molar-refractivity contribution in [1.29, 1.82) is 0 Å². The lowest BCUT2D eigenvalue weighted by Crippen LogP contribution is -2.13. The van der Waals surface area contributed by atoms with E-state index in [0.29, 0.717) is 5.82 Å². The van der Waals surface area contributed by atoms with Crippen LogP contribution < -0.4 is 0 Å². The van der Waals surface area contributed by atoms with E-state index < -0.39 is 12.1 Å². The molecule has 0 fully saturated rings. The smallest absolute Gasteiger partial charge is 0.339 e. The lowest BCUT2D eigenvalue weighted by Gasteiger charge is -2.01. The predicted octanol–water partition coefficient (Wildman–Crippen LogP) is -0.702. The Hall–Kier alpha value is -1.56. The second-order valence-electron chi connectivity index (χ2n) is 2.17.